The van der Waals surface area contributed by atoms with Gasteiger partial charge >= 0.3 is 0 Å². The second-order valence-corrected chi connectivity index (χ2v) is 5.78. The van der Waals surface area contributed by atoms with Crippen LogP contribution in [-0.4, -0.2) is 15.2 Å². The molecule has 0 unspecified atom stereocenters. The highest BCUT2D eigenvalue weighted by Crippen LogP contribution is 2.31. The Morgan fingerprint density at radius 3 is 2.95 bits per heavy atom. The van der Waals surface area contributed by atoms with E-state index in [4.69, 9.17) is 11.6 Å². The molecule has 2 aromatic heterocycles. The summed E-state index contributed by atoms with van der Waals surface area (Å²) in [5.74, 6) is 0. The second-order valence-electron chi connectivity index (χ2n) is 5.35. The summed E-state index contributed by atoms with van der Waals surface area (Å²) in [5, 5.41) is 9.17. The van der Waals surface area contributed by atoms with Gasteiger partial charge in [0.2, 0.25) is 0 Å². The molecule has 0 bridgehead atoms. The van der Waals surface area contributed by atoms with E-state index in [9.17, 15) is 0 Å². The van der Waals surface area contributed by atoms with Crippen LogP contribution in [0.25, 0.3) is 27.6 Å². The minimum atomic E-state index is 0.703. The van der Waals surface area contributed by atoms with Crippen LogP contribution >= 0.6 is 11.6 Å². The molecule has 4 heteroatoms. The lowest BCUT2D eigenvalue weighted by atomic mass is 9.98. The molecule has 1 N–H and O–H groups in total. The summed E-state index contributed by atoms with van der Waals surface area (Å²) in [6.45, 7) is 0. The van der Waals surface area contributed by atoms with Crippen LogP contribution in [0.3, 0.4) is 0 Å². The molecule has 0 fully saturated rings. The second kappa shape index (κ2) is 5.43. The molecule has 22 heavy (non-hydrogen) atoms. The first-order valence-corrected chi connectivity index (χ1v) is 7.65. The number of hydrogen-bond donors (Lipinski definition) is 1. The first kappa shape index (κ1) is 13.3. The molecule has 1 aliphatic carbocycles. The summed E-state index contributed by atoms with van der Waals surface area (Å²) in [6, 6.07) is 7.88. The molecular weight excluding hydrogens is 294 g/mol. The number of nitrogens with zero attached hydrogens (tertiary/aromatic N) is 2. The van der Waals surface area contributed by atoms with E-state index in [-0.39, 0.29) is 0 Å². The molecule has 0 aliphatic heterocycles. The average Bonchev–Trinajstić information content (AvgIpc) is 3.05. The van der Waals surface area contributed by atoms with Crippen molar-refractivity contribution in [3.8, 4) is 11.1 Å². The van der Waals surface area contributed by atoms with Crippen molar-refractivity contribution in [2.75, 3.05) is 0 Å². The van der Waals surface area contributed by atoms with Gasteiger partial charge in [0, 0.05) is 33.9 Å². The van der Waals surface area contributed by atoms with Gasteiger partial charge in [-0.2, -0.15) is 5.10 Å². The fourth-order valence-electron chi connectivity index (χ4n) is 2.76. The summed E-state index contributed by atoms with van der Waals surface area (Å²) in [7, 11) is 0. The molecule has 0 radical (unpaired) electrons. The molecule has 0 amide bonds. The van der Waals surface area contributed by atoms with Crippen molar-refractivity contribution >= 4 is 28.1 Å². The maximum atomic E-state index is 6.01. The molecule has 2 heterocycles. The Bertz CT molecular complexity index is 906. The number of rotatable bonds is 2. The highest BCUT2D eigenvalue weighted by molar-refractivity contribution is 6.31. The van der Waals surface area contributed by atoms with E-state index in [1.54, 1.807) is 0 Å². The predicted octanol–water partition coefficient (Wildman–Crippen LogP) is 5.01. The SMILES string of the molecule is Clc1ccc2cc(-c3c[nH]nc3C3=CCCC=C3)cnc2c1. The Labute approximate surface area is 133 Å². The number of pyridine rings is 1. The number of fused-ring (bicyclic) bond motifs is 1. The largest absolute Gasteiger partial charge is 0.284 e. The van der Waals surface area contributed by atoms with Crippen molar-refractivity contribution in [1.29, 1.82) is 0 Å². The zero-order valence-corrected chi connectivity index (χ0v) is 12.6. The highest BCUT2D eigenvalue weighted by Gasteiger charge is 2.13. The van der Waals surface area contributed by atoms with Gasteiger partial charge in [0.1, 0.15) is 0 Å². The van der Waals surface area contributed by atoms with Gasteiger partial charge in [0.25, 0.3) is 0 Å². The van der Waals surface area contributed by atoms with Gasteiger partial charge in [0.15, 0.2) is 0 Å². The molecule has 108 valence electrons. The van der Waals surface area contributed by atoms with E-state index in [2.05, 4.69) is 39.5 Å². The maximum Gasteiger partial charge on any atom is 0.0996 e. The Balaban J connectivity index is 1.82. The van der Waals surface area contributed by atoms with Gasteiger partial charge in [-0.15, -0.1) is 0 Å². The zero-order chi connectivity index (χ0) is 14.9. The molecule has 0 atom stereocenters. The number of halogens is 1. The monoisotopic (exact) mass is 307 g/mol. The Morgan fingerprint density at radius 2 is 2.09 bits per heavy atom. The quantitative estimate of drug-likeness (QED) is 0.723. The molecule has 1 aromatic carbocycles. The Morgan fingerprint density at radius 1 is 1.14 bits per heavy atom. The third-order valence-electron chi connectivity index (χ3n) is 3.87. The Hall–Kier alpha value is -2.39. The topological polar surface area (TPSA) is 41.6 Å². The average molecular weight is 308 g/mol. The number of aromatic amines is 1. The number of H-pyrrole nitrogens is 1. The zero-order valence-electron chi connectivity index (χ0n) is 11.9. The van der Waals surface area contributed by atoms with Crippen molar-refractivity contribution < 1.29 is 0 Å². The summed E-state index contributed by atoms with van der Waals surface area (Å²) in [6.07, 6.45) is 12.5. The first-order valence-electron chi connectivity index (χ1n) is 7.28. The normalized spacial score (nSPS) is 14.3. The van der Waals surface area contributed by atoms with E-state index >= 15 is 0 Å². The third kappa shape index (κ3) is 2.34. The summed E-state index contributed by atoms with van der Waals surface area (Å²) in [4.78, 5) is 4.52. The van der Waals surface area contributed by atoms with Gasteiger partial charge in [-0.25, -0.2) is 0 Å². The predicted molar refractivity (Wildman–Crippen MR) is 90.7 cm³/mol. The van der Waals surface area contributed by atoms with Crippen molar-refractivity contribution in [2.45, 2.75) is 12.8 Å². The third-order valence-corrected chi connectivity index (χ3v) is 4.10. The van der Waals surface area contributed by atoms with Crippen molar-refractivity contribution in [2.24, 2.45) is 0 Å². The van der Waals surface area contributed by atoms with E-state index in [0.717, 1.165) is 40.6 Å². The molecule has 0 spiro atoms. The Kier molecular flexibility index (Phi) is 3.28. The lowest BCUT2D eigenvalue weighted by Gasteiger charge is -2.08. The lowest BCUT2D eigenvalue weighted by molar-refractivity contribution is 1.03. The summed E-state index contributed by atoms with van der Waals surface area (Å²) >= 11 is 6.01. The molecule has 3 aromatic rings. The van der Waals surface area contributed by atoms with Crippen molar-refractivity contribution in [3.63, 3.8) is 0 Å². The molecule has 1 aliphatic rings. The number of allylic oxidation sites excluding steroid dienone is 4. The van der Waals surface area contributed by atoms with Gasteiger partial charge in [-0.05, 0) is 36.6 Å². The van der Waals surface area contributed by atoms with Gasteiger partial charge in [0.05, 0.1) is 11.2 Å². The van der Waals surface area contributed by atoms with E-state index in [1.165, 1.54) is 5.57 Å². The van der Waals surface area contributed by atoms with Crippen LogP contribution in [0.2, 0.25) is 5.02 Å². The minimum Gasteiger partial charge on any atom is -0.284 e. The molecule has 0 saturated carbocycles. The van der Waals surface area contributed by atoms with Crippen LogP contribution < -0.4 is 0 Å². The van der Waals surface area contributed by atoms with Crippen LogP contribution in [0.1, 0.15) is 18.5 Å². The maximum absolute atomic E-state index is 6.01. The van der Waals surface area contributed by atoms with Crippen molar-refractivity contribution in [1.82, 2.24) is 15.2 Å². The van der Waals surface area contributed by atoms with Crippen LogP contribution in [0.5, 0.6) is 0 Å². The van der Waals surface area contributed by atoms with Crippen LogP contribution in [0.4, 0.5) is 0 Å². The van der Waals surface area contributed by atoms with E-state index in [1.807, 2.05) is 30.6 Å². The van der Waals surface area contributed by atoms with Gasteiger partial charge < -0.3 is 0 Å². The minimum absolute atomic E-state index is 0.703. The lowest BCUT2D eigenvalue weighted by Crippen LogP contribution is -1.90. The number of hydrogen-bond acceptors (Lipinski definition) is 2. The fourth-order valence-corrected chi connectivity index (χ4v) is 2.93. The van der Waals surface area contributed by atoms with Crippen LogP contribution in [0, 0.1) is 0 Å². The molecular formula is C18H14ClN3. The molecule has 3 nitrogen and oxygen atoms in total. The molecule has 4 rings (SSSR count). The van der Waals surface area contributed by atoms with Crippen LogP contribution in [0.15, 0.2) is 54.9 Å². The summed E-state index contributed by atoms with van der Waals surface area (Å²) < 4.78 is 0. The van der Waals surface area contributed by atoms with Gasteiger partial charge in [-0.1, -0.05) is 35.9 Å². The van der Waals surface area contributed by atoms with Crippen LogP contribution in [-0.2, 0) is 0 Å². The van der Waals surface area contributed by atoms with Crippen molar-refractivity contribution in [3.05, 3.63) is 65.6 Å². The van der Waals surface area contributed by atoms with E-state index < -0.39 is 0 Å². The summed E-state index contributed by atoms with van der Waals surface area (Å²) in [5.41, 5.74) is 5.17. The number of benzene rings is 1. The standard InChI is InChI=1S/C18H14ClN3/c19-15-7-6-13-8-14(10-20-17(13)9-15)16-11-21-22-18(16)12-4-2-1-3-5-12/h2,4-11H,1,3H2,(H,21,22). The smallest absolute Gasteiger partial charge is 0.0996 e. The first-order chi connectivity index (χ1) is 10.8. The number of nitrogens with one attached hydrogen (secondary N) is 1. The highest BCUT2D eigenvalue weighted by atomic mass is 35.5. The van der Waals surface area contributed by atoms with E-state index in [0.29, 0.717) is 5.02 Å². The number of aromatic nitrogens is 3. The molecule has 0 saturated heterocycles. The fraction of sp³-hybridized carbons (Fsp3) is 0.111. The van der Waals surface area contributed by atoms with Gasteiger partial charge in [-0.3, -0.25) is 10.1 Å².